The van der Waals surface area contributed by atoms with Crippen LogP contribution in [0.15, 0.2) is 12.2 Å². The van der Waals surface area contributed by atoms with Gasteiger partial charge in [0.25, 0.3) is 0 Å². The second-order valence-corrected chi connectivity index (χ2v) is 4.37. The van der Waals surface area contributed by atoms with Gasteiger partial charge < -0.3 is 5.32 Å². The number of hydrogen-bond donors (Lipinski definition) is 1. The van der Waals surface area contributed by atoms with E-state index in [4.69, 9.17) is 0 Å². The van der Waals surface area contributed by atoms with E-state index in [0.29, 0.717) is 0 Å². The van der Waals surface area contributed by atoms with Gasteiger partial charge in [-0.05, 0) is 32.1 Å². The Morgan fingerprint density at radius 2 is 2.55 bits per heavy atom. The first-order valence-electron chi connectivity index (χ1n) is 4.24. The molecule has 1 heterocycles. The number of rotatable bonds is 4. The van der Waals surface area contributed by atoms with Crippen molar-refractivity contribution < 1.29 is 0 Å². The minimum absolute atomic E-state index is 0.777. The molecule has 0 aromatic carbocycles. The average Bonchev–Trinajstić information content (AvgIpc) is 2.39. The lowest BCUT2D eigenvalue weighted by Crippen LogP contribution is -2.29. The Hall–Kier alpha value is 0.0500. The molecule has 0 spiro atoms. The van der Waals surface area contributed by atoms with E-state index in [1.165, 1.54) is 23.5 Å². The van der Waals surface area contributed by atoms with Crippen molar-refractivity contribution in [3.8, 4) is 0 Å². The van der Waals surface area contributed by atoms with Gasteiger partial charge in [-0.25, -0.2) is 0 Å². The Morgan fingerprint density at radius 3 is 3.09 bits per heavy atom. The van der Waals surface area contributed by atoms with E-state index in [1.807, 2.05) is 0 Å². The molecule has 1 N–H and O–H groups in total. The van der Waals surface area contributed by atoms with E-state index in [1.54, 1.807) is 0 Å². The highest BCUT2D eigenvalue weighted by Gasteiger charge is 2.13. The van der Waals surface area contributed by atoms with Crippen LogP contribution >= 0.6 is 11.8 Å². The van der Waals surface area contributed by atoms with Gasteiger partial charge in [-0.3, -0.25) is 0 Å². The van der Waals surface area contributed by atoms with Crippen LogP contribution in [-0.2, 0) is 0 Å². The lowest BCUT2D eigenvalue weighted by Gasteiger charge is -2.10. The minimum Gasteiger partial charge on any atom is -0.313 e. The first kappa shape index (κ1) is 9.14. The molecule has 1 nitrogen and oxygen atoms in total. The molecular formula is C9H17NS. The van der Waals surface area contributed by atoms with E-state index in [-0.39, 0.29) is 0 Å². The summed E-state index contributed by atoms with van der Waals surface area (Å²) >= 11 is 2.06. The van der Waals surface area contributed by atoms with Gasteiger partial charge in [0.2, 0.25) is 0 Å². The zero-order valence-corrected chi connectivity index (χ0v) is 8.04. The highest BCUT2D eigenvalue weighted by Crippen LogP contribution is 2.16. The van der Waals surface area contributed by atoms with Gasteiger partial charge in [0.1, 0.15) is 0 Å². The molecule has 1 saturated heterocycles. The third kappa shape index (κ3) is 3.82. The van der Waals surface area contributed by atoms with Gasteiger partial charge >= 0.3 is 0 Å². The van der Waals surface area contributed by atoms with Crippen molar-refractivity contribution in [2.45, 2.75) is 25.8 Å². The van der Waals surface area contributed by atoms with Crippen molar-refractivity contribution >= 4 is 11.8 Å². The van der Waals surface area contributed by atoms with Crippen LogP contribution < -0.4 is 5.32 Å². The van der Waals surface area contributed by atoms with E-state index in [0.717, 1.165) is 19.0 Å². The summed E-state index contributed by atoms with van der Waals surface area (Å²) in [5.41, 5.74) is 1.28. The zero-order valence-electron chi connectivity index (χ0n) is 7.23. The summed E-state index contributed by atoms with van der Waals surface area (Å²) in [5, 5.41) is 3.53. The molecule has 0 aromatic heterocycles. The standard InChI is InChI=1S/C9H17NS/c1-8(2)3-5-10-9-4-6-11-7-9/h9-10H,1,3-7H2,2H3. The van der Waals surface area contributed by atoms with Gasteiger partial charge in [0.15, 0.2) is 0 Å². The molecule has 1 aliphatic rings. The van der Waals surface area contributed by atoms with Crippen LogP contribution in [0, 0.1) is 0 Å². The highest BCUT2D eigenvalue weighted by molar-refractivity contribution is 7.99. The van der Waals surface area contributed by atoms with E-state index >= 15 is 0 Å². The Kier molecular flexibility index (Phi) is 4.02. The predicted molar refractivity (Wildman–Crippen MR) is 53.2 cm³/mol. The topological polar surface area (TPSA) is 12.0 Å². The summed E-state index contributed by atoms with van der Waals surface area (Å²) in [7, 11) is 0. The smallest absolute Gasteiger partial charge is 0.0166 e. The normalized spacial score (nSPS) is 23.9. The second-order valence-electron chi connectivity index (χ2n) is 3.22. The molecule has 0 amide bonds. The molecule has 1 aliphatic heterocycles. The van der Waals surface area contributed by atoms with Crippen LogP contribution in [0.5, 0.6) is 0 Å². The van der Waals surface area contributed by atoms with Crippen LogP contribution in [0.3, 0.4) is 0 Å². The largest absolute Gasteiger partial charge is 0.313 e. The molecular weight excluding hydrogens is 154 g/mol. The summed E-state index contributed by atoms with van der Waals surface area (Å²) in [4.78, 5) is 0. The number of hydrogen-bond acceptors (Lipinski definition) is 2. The van der Waals surface area contributed by atoms with Gasteiger partial charge in [0.05, 0.1) is 0 Å². The van der Waals surface area contributed by atoms with Crippen LogP contribution in [0.25, 0.3) is 0 Å². The number of thioether (sulfide) groups is 1. The molecule has 1 rings (SSSR count). The maximum Gasteiger partial charge on any atom is 0.0166 e. The predicted octanol–water partition coefficient (Wildman–Crippen LogP) is 2.05. The lowest BCUT2D eigenvalue weighted by atomic mass is 10.2. The summed E-state index contributed by atoms with van der Waals surface area (Å²) in [6.45, 7) is 7.07. The Balaban J connectivity index is 1.98. The molecule has 0 aromatic rings. The molecule has 0 bridgehead atoms. The molecule has 1 unspecified atom stereocenters. The quantitative estimate of drug-likeness (QED) is 0.650. The van der Waals surface area contributed by atoms with Crippen molar-refractivity contribution in [1.29, 1.82) is 0 Å². The zero-order chi connectivity index (χ0) is 8.10. The first-order chi connectivity index (χ1) is 5.29. The average molecular weight is 171 g/mol. The minimum atomic E-state index is 0.777. The highest BCUT2D eigenvalue weighted by atomic mass is 32.2. The summed E-state index contributed by atoms with van der Waals surface area (Å²) in [6, 6.07) is 0.777. The second kappa shape index (κ2) is 4.83. The third-order valence-corrected chi connectivity index (χ3v) is 3.08. The maximum atomic E-state index is 3.87. The van der Waals surface area contributed by atoms with Crippen molar-refractivity contribution in [3.63, 3.8) is 0 Å². The van der Waals surface area contributed by atoms with Crippen molar-refractivity contribution in [2.75, 3.05) is 18.1 Å². The Bertz CT molecular complexity index is 128. The molecule has 64 valence electrons. The van der Waals surface area contributed by atoms with Crippen molar-refractivity contribution in [3.05, 3.63) is 12.2 Å². The summed E-state index contributed by atoms with van der Waals surface area (Å²) in [5.74, 6) is 2.64. The van der Waals surface area contributed by atoms with Gasteiger partial charge in [-0.2, -0.15) is 11.8 Å². The fourth-order valence-electron chi connectivity index (χ4n) is 1.19. The molecule has 11 heavy (non-hydrogen) atoms. The molecule has 0 aliphatic carbocycles. The fourth-order valence-corrected chi connectivity index (χ4v) is 2.37. The number of nitrogens with one attached hydrogen (secondary N) is 1. The Morgan fingerprint density at radius 1 is 1.73 bits per heavy atom. The monoisotopic (exact) mass is 171 g/mol. The molecule has 0 saturated carbocycles. The van der Waals surface area contributed by atoms with Crippen LogP contribution in [0.1, 0.15) is 19.8 Å². The molecule has 2 heteroatoms. The molecule has 1 fully saturated rings. The lowest BCUT2D eigenvalue weighted by molar-refractivity contribution is 0.560. The van der Waals surface area contributed by atoms with Crippen LogP contribution in [0.2, 0.25) is 0 Å². The summed E-state index contributed by atoms with van der Waals surface area (Å²) in [6.07, 6.45) is 2.47. The summed E-state index contributed by atoms with van der Waals surface area (Å²) < 4.78 is 0. The van der Waals surface area contributed by atoms with Crippen molar-refractivity contribution in [2.24, 2.45) is 0 Å². The fraction of sp³-hybridized carbons (Fsp3) is 0.778. The maximum absolute atomic E-state index is 3.87. The van der Waals surface area contributed by atoms with E-state index < -0.39 is 0 Å². The third-order valence-electron chi connectivity index (χ3n) is 1.91. The van der Waals surface area contributed by atoms with Crippen molar-refractivity contribution in [1.82, 2.24) is 5.32 Å². The van der Waals surface area contributed by atoms with E-state index in [2.05, 4.69) is 30.6 Å². The molecule has 0 radical (unpaired) electrons. The molecule has 1 atom stereocenters. The SMILES string of the molecule is C=C(C)CCNC1CCSC1. The van der Waals surface area contributed by atoms with Gasteiger partial charge in [-0.1, -0.05) is 5.57 Å². The van der Waals surface area contributed by atoms with Gasteiger partial charge in [0, 0.05) is 11.8 Å². The van der Waals surface area contributed by atoms with Gasteiger partial charge in [-0.15, -0.1) is 6.58 Å². The van der Waals surface area contributed by atoms with E-state index in [9.17, 15) is 0 Å². The Labute approximate surface area is 73.6 Å². The van der Waals surface area contributed by atoms with Crippen LogP contribution in [0.4, 0.5) is 0 Å². The van der Waals surface area contributed by atoms with Crippen LogP contribution in [-0.4, -0.2) is 24.1 Å². The first-order valence-corrected chi connectivity index (χ1v) is 5.40.